The van der Waals surface area contributed by atoms with E-state index in [-0.39, 0.29) is 12.5 Å². The van der Waals surface area contributed by atoms with Crippen molar-refractivity contribution in [3.05, 3.63) is 12.2 Å². The number of hydrogen-bond acceptors (Lipinski definition) is 3. The summed E-state index contributed by atoms with van der Waals surface area (Å²) in [5.74, 6) is -0.110. The largest absolute Gasteiger partial charge is 0.342 e. The highest BCUT2D eigenvalue weighted by molar-refractivity contribution is 5.78. The Morgan fingerprint density at radius 2 is 2.43 bits per heavy atom. The van der Waals surface area contributed by atoms with Crippen LogP contribution in [0.15, 0.2) is 12.2 Å². The molecule has 0 bridgehead atoms. The van der Waals surface area contributed by atoms with Crippen molar-refractivity contribution in [2.75, 3.05) is 13.1 Å². The SMILES string of the molecule is N#CCNC(=O)CNC1CC=CCC1. The van der Waals surface area contributed by atoms with Crippen LogP contribution in [0.2, 0.25) is 0 Å². The average molecular weight is 193 g/mol. The first-order chi connectivity index (χ1) is 6.83. The van der Waals surface area contributed by atoms with Gasteiger partial charge < -0.3 is 10.6 Å². The van der Waals surface area contributed by atoms with Gasteiger partial charge >= 0.3 is 0 Å². The number of carbonyl (C=O) groups excluding carboxylic acids is 1. The predicted molar refractivity (Wildman–Crippen MR) is 53.4 cm³/mol. The Labute approximate surface area is 84.0 Å². The third-order valence-corrected chi connectivity index (χ3v) is 2.18. The molecule has 4 heteroatoms. The van der Waals surface area contributed by atoms with Gasteiger partial charge in [0.25, 0.3) is 0 Å². The lowest BCUT2D eigenvalue weighted by atomic mass is 10.0. The summed E-state index contributed by atoms with van der Waals surface area (Å²) in [7, 11) is 0. The zero-order valence-corrected chi connectivity index (χ0v) is 8.12. The van der Waals surface area contributed by atoms with Crippen molar-refractivity contribution >= 4 is 5.91 Å². The topological polar surface area (TPSA) is 64.9 Å². The maximum Gasteiger partial charge on any atom is 0.234 e. The van der Waals surface area contributed by atoms with Gasteiger partial charge in [-0.3, -0.25) is 4.79 Å². The molecule has 14 heavy (non-hydrogen) atoms. The van der Waals surface area contributed by atoms with Crippen molar-refractivity contribution in [3.63, 3.8) is 0 Å². The van der Waals surface area contributed by atoms with Crippen LogP contribution in [0, 0.1) is 11.3 Å². The highest BCUT2D eigenvalue weighted by Crippen LogP contribution is 2.09. The molecule has 76 valence electrons. The van der Waals surface area contributed by atoms with Gasteiger partial charge in [-0.1, -0.05) is 12.2 Å². The molecule has 0 aromatic rings. The molecule has 0 fully saturated rings. The molecule has 1 aliphatic carbocycles. The van der Waals surface area contributed by atoms with Crippen LogP contribution >= 0.6 is 0 Å². The summed E-state index contributed by atoms with van der Waals surface area (Å²) in [6, 6.07) is 2.28. The highest BCUT2D eigenvalue weighted by Gasteiger charge is 2.10. The molecule has 0 heterocycles. The van der Waals surface area contributed by atoms with Crippen LogP contribution in [0.5, 0.6) is 0 Å². The number of allylic oxidation sites excluding steroid dienone is 1. The molecular weight excluding hydrogens is 178 g/mol. The zero-order valence-electron chi connectivity index (χ0n) is 8.12. The Hall–Kier alpha value is -1.34. The van der Waals surface area contributed by atoms with Gasteiger partial charge in [-0.25, -0.2) is 0 Å². The minimum absolute atomic E-state index is 0.0884. The molecule has 4 nitrogen and oxygen atoms in total. The molecule has 1 atom stereocenters. The average Bonchev–Trinajstić information content (AvgIpc) is 2.25. The van der Waals surface area contributed by atoms with E-state index in [9.17, 15) is 4.79 Å². The fourth-order valence-corrected chi connectivity index (χ4v) is 1.42. The van der Waals surface area contributed by atoms with Crippen LogP contribution in [0.1, 0.15) is 19.3 Å². The summed E-state index contributed by atoms with van der Waals surface area (Å²) in [4.78, 5) is 11.1. The molecule has 0 spiro atoms. The number of amides is 1. The summed E-state index contributed by atoms with van der Waals surface area (Å²) in [5, 5.41) is 13.9. The molecule has 1 aliphatic rings. The van der Waals surface area contributed by atoms with Gasteiger partial charge in [0.05, 0.1) is 12.6 Å². The third kappa shape index (κ3) is 4.06. The lowest BCUT2D eigenvalue weighted by Crippen LogP contribution is -2.39. The van der Waals surface area contributed by atoms with Crippen molar-refractivity contribution in [1.82, 2.24) is 10.6 Å². The molecule has 0 saturated carbocycles. The van der Waals surface area contributed by atoms with Crippen LogP contribution in [0.25, 0.3) is 0 Å². The second-order valence-electron chi connectivity index (χ2n) is 3.30. The van der Waals surface area contributed by atoms with Gasteiger partial charge in [0.2, 0.25) is 5.91 Å². The number of carbonyl (C=O) groups is 1. The van der Waals surface area contributed by atoms with Gasteiger partial charge in [0, 0.05) is 6.04 Å². The van der Waals surface area contributed by atoms with E-state index >= 15 is 0 Å². The summed E-state index contributed by atoms with van der Waals surface area (Å²) in [6.07, 6.45) is 7.45. The van der Waals surface area contributed by atoms with Crippen LogP contribution in [0.3, 0.4) is 0 Å². The van der Waals surface area contributed by atoms with E-state index in [1.807, 2.05) is 6.07 Å². The second-order valence-corrected chi connectivity index (χ2v) is 3.30. The van der Waals surface area contributed by atoms with Gasteiger partial charge in [0.1, 0.15) is 6.54 Å². The number of nitriles is 1. The molecular formula is C10H15N3O. The van der Waals surface area contributed by atoms with Crippen LogP contribution in [0.4, 0.5) is 0 Å². The summed E-state index contributed by atoms with van der Waals surface area (Å²) in [6.45, 7) is 0.394. The molecule has 1 amide bonds. The molecule has 0 aromatic heterocycles. The van der Waals surface area contributed by atoms with E-state index in [0.717, 1.165) is 19.3 Å². The maximum atomic E-state index is 11.1. The standard InChI is InChI=1S/C10H15N3O/c11-6-7-12-10(14)8-13-9-4-2-1-3-5-9/h1-2,9,13H,3-5,7-8H2,(H,12,14). The van der Waals surface area contributed by atoms with Crippen LogP contribution < -0.4 is 10.6 Å². The molecule has 1 unspecified atom stereocenters. The molecule has 0 radical (unpaired) electrons. The maximum absolute atomic E-state index is 11.1. The fourth-order valence-electron chi connectivity index (χ4n) is 1.42. The Morgan fingerprint density at radius 1 is 1.57 bits per heavy atom. The minimum atomic E-state index is -0.110. The lowest BCUT2D eigenvalue weighted by molar-refractivity contribution is -0.120. The lowest BCUT2D eigenvalue weighted by Gasteiger charge is -2.18. The highest BCUT2D eigenvalue weighted by atomic mass is 16.1. The minimum Gasteiger partial charge on any atom is -0.342 e. The zero-order chi connectivity index (χ0) is 10.2. The molecule has 0 aliphatic heterocycles. The quantitative estimate of drug-likeness (QED) is 0.499. The molecule has 0 saturated heterocycles. The molecule has 0 aromatic carbocycles. The van der Waals surface area contributed by atoms with Gasteiger partial charge in [-0.2, -0.15) is 5.26 Å². The van der Waals surface area contributed by atoms with E-state index in [1.54, 1.807) is 0 Å². The second kappa shape index (κ2) is 6.17. The van der Waals surface area contributed by atoms with Gasteiger partial charge in [0.15, 0.2) is 0 Å². The summed E-state index contributed by atoms with van der Waals surface area (Å²) < 4.78 is 0. The van der Waals surface area contributed by atoms with Gasteiger partial charge in [-0.05, 0) is 19.3 Å². The van der Waals surface area contributed by atoms with Crippen molar-refractivity contribution < 1.29 is 4.79 Å². The Kier molecular flexibility index (Phi) is 4.73. The van der Waals surface area contributed by atoms with Crippen molar-refractivity contribution in [3.8, 4) is 6.07 Å². The van der Waals surface area contributed by atoms with Crippen molar-refractivity contribution in [2.45, 2.75) is 25.3 Å². The number of nitrogens with zero attached hydrogens (tertiary/aromatic N) is 1. The van der Waals surface area contributed by atoms with Crippen LogP contribution in [-0.4, -0.2) is 25.0 Å². The number of hydrogen-bond donors (Lipinski definition) is 2. The normalized spacial score (nSPS) is 20.1. The van der Waals surface area contributed by atoms with E-state index in [2.05, 4.69) is 22.8 Å². The van der Waals surface area contributed by atoms with Crippen molar-refractivity contribution in [1.29, 1.82) is 5.26 Å². The Balaban J connectivity index is 2.10. The molecule has 2 N–H and O–H groups in total. The summed E-state index contributed by atoms with van der Waals surface area (Å²) in [5.41, 5.74) is 0. The number of nitrogens with one attached hydrogen (secondary N) is 2. The first kappa shape index (κ1) is 10.7. The predicted octanol–water partition coefficient (Wildman–Crippen LogP) is 0.324. The first-order valence-corrected chi connectivity index (χ1v) is 4.85. The Bertz CT molecular complexity index is 255. The third-order valence-electron chi connectivity index (χ3n) is 2.18. The van der Waals surface area contributed by atoms with Crippen molar-refractivity contribution in [2.24, 2.45) is 0 Å². The first-order valence-electron chi connectivity index (χ1n) is 4.85. The van der Waals surface area contributed by atoms with Gasteiger partial charge in [-0.15, -0.1) is 0 Å². The number of rotatable bonds is 4. The van der Waals surface area contributed by atoms with E-state index < -0.39 is 0 Å². The van der Waals surface area contributed by atoms with E-state index in [1.165, 1.54) is 0 Å². The smallest absolute Gasteiger partial charge is 0.234 e. The Morgan fingerprint density at radius 3 is 3.07 bits per heavy atom. The summed E-state index contributed by atoms with van der Waals surface area (Å²) >= 11 is 0. The molecule has 1 rings (SSSR count). The van der Waals surface area contributed by atoms with E-state index in [0.29, 0.717) is 12.6 Å². The fraction of sp³-hybridized carbons (Fsp3) is 0.600. The van der Waals surface area contributed by atoms with Crippen LogP contribution in [-0.2, 0) is 4.79 Å². The van der Waals surface area contributed by atoms with E-state index in [4.69, 9.17) is 5.26 Å². The monoisotopic (exact) mass is 193 g/mol.